The highest BCUT2D eigenvalue weighted by Gasteiger charge is 2.31. The zero-order chi connectivity index (χ0) is 16.4. The molecule has 0 amide bonds. The fourth-order valence-corrected chi connectivity index (χ4v) is 3.37. The summed E-state index contributed by atoms with van der Waals surface area (Å²) >= 11 is 0. The number of fused-ring (bicyclic) bond motifs is 1. The predicted molar refractivity (Wildman–Crippen MR) is 88.3 cm³/mol. The van der Waals surface area contributed by atoms with E-state index < -0.39 is 6.23 Å². The highest BCUT2D eigenvalue weighted by Crippen LogP contribution is 2.25. The molecule has 3 heterocycles. The van der Waals surface area contributed by atoms with Crippen molar-refractivity contribution >= 4 is 0 Å². The Labute approximate surface area is 141 Å². The Morgan fingerprint density at radius 3 is 2.96 bits per heavy atom. The molecule has 1 N–H and O–H groups in total. The molecular formula is C18H23N3O3. The average molecular weight is 329 g/mol. The third kappa shape index (κ3) is 3.31. The van der Waals surface area contributed by atoms with Gasteiger partial charge in [0.05, 0.1) is 18.8 Å². The third-order valence-corrected chi connectivity index (χ3v) is 4.80. The largest absolute Gasteiger partial charge is 0.472 e. The predicted octanol–water partition coefficient (Wildman–Crippen LogP) is 1.63. The van der Waals surface area contributed by atoms with Gasteiger partial charge in [-0.3, -0.25) is 9.58 Å². The van der Waals surface area contributed by atoms with Gasteiger partial charge in [0.1, 0.15) is 12.8 Å². The summed E-state index contributed by atoms with van der Waals surface area (Å²) in [6, 6.07) is 12.1. The van der Waals surface area contributed by atoms with Crippen molar-refractivity contribution < 1.29 is 14.6 Å². The van der Waals surface area contributed by atoms with Gasteiger partial charge < -0.3 is 14.6 Å². The molecule has 2 aromatic rings. The number of nitrogens with zero attached hydrogens (tertiary/aromatic N) is 3. The molecule has 0 aliphatic carbocycles. The molecule has 0 radical (unpaired) electrons. The Morgan fingerprint density at radius 2 is 2.17 bits per heavy atom. The highest BCUT2D eigenvalue weighted by molar-refractivity contribution is 5.19. The lowest BCUT2D eigenvalue weighted by molar-refractivity contribution is -0.0560. The van der Waals surface area contributed by atoms with Gasteiger partial charge in [-0.1, -0.05) is 30.3 Å². The molecule has 1 aromatic carbocycles. The minimum atomic E-state index is -0.440. The average Bonchev–Trinajstić information content (AvgIpc) is 3.29. The summed E-state index contributed by atoms with van der Waals surface area (Å²) in [5.41, 5.74) is 2.21. The fraction of sp³-hybridized carbons (Fsp3) is 0.500. The topological polar surface area (TPSA) is 59.8 Å². The Bertz CT molecular complexity index is 667. The standard InChI is InChI=1S/C18H23N3O3/c22-18(15-6-9-23-13-15)20-7-8-21-16(11-20)10-17(19-21)24-12-14-4-2-1-3-5-14/h1-5,10,15,18,22H,6-9,11-13H2. The van der Waals surface area contributed by atoms with Gasteiger partial charge in [-0.15, -0.1) is 5.10 Å². The first-order valence-corrected chi connectivity index (χ1v) is 8.53. The lowest BCUT2D eigenvalue weighted by Gasteiger charge is -2.34. The minimum Gasteiger partial charge on any atom is -0.472 e. The van der Waals surface area contributed by atoms with Crippen molar-refractivity contribution in [3.05, 3.63) is 47.7 Å². The summed E-state index contributed by atoms with van der Waals surface area (Å²) in [5.74, 6) is 0.864. The molecule has 6 heteroatoms. The number of aliphatic hydroxyl groups excluding tert-OH is 1. The van der Waals surface area contributed by atoms with Gasteiger partial charge in [0.2, 0.25) is 5.88 Å². The summed E-state index contributed by atoms with van der Waals surface area (Å²) < 4.78 is 13.2. The molecule has 1 fully saturated rings. The molecule has 0 bridgehead atoms. The second-order valence-electron chi connectivity index (χ2n) is 6.48. The van der Waals surface area contributed by atoms with Crippen LogP contribution in [0.2, 0.25) is 0 Å². The van der Waals surface area contributed by atoms with E-state index in [-0.39, 0.29) is 5.92 Å². The Hall–Kier alpha value is -1.89. The molecule has 128 valence electrons. The van der Waals surface area contributed by atoms with Crippen LogP contribution in [0.3, 0.4) is 0 Å². The van der Waals surface area contributed by atoms with E-state index in [1.807, 2.05) is 41.1 Å². The van der Waals surface area contributed by atoms with Crippen molar-refractivity contribution in [2.45, 2.75) is 32.3 Å². The van der Waals surface area contributed by atoms with Crippen LogP contribution >= 0.6 is 0 Å². The van der Waals surface area contributed by atoms with Crippen LogP contribution in [-0.4, -0.2) is 45.8 Å². The molecule has 2 aliphatic heterocycles. The summed E-state index contributed by atoms with van der Waals surface area (Å²) in [6.07, 6.45) is 0.493. The molecule has 2 aliphatic rings. The van der Waals surface area contributed by atoms with Crippen LogP contribution in [-0.2, 0) is 24.4 Å². The second kappa shape index (κ2) is 6.93. The molecule has 2 atom stereocenters. The first kappa shape index (κ1) is 15.6. The van der Waals surface area contributed by atoms with Crippen molar-refractivity contribution in [3.63, 3.8) is 0 Å². The van der Waals surface area contributed by atoms with Crippen molar-refractivity contribution in [1.82, 2.24) is 14.7 Å². The number of hydrogen-bond acceptors (Lipinski definition) is 5. The SMILES string of the molecule is OC(C1CCOC1)N1CCn2nc(OCc3ccccc3)cc2C1. The molecule has 0 saturated carbocycles. The van der Waals surface area contributed by atoms with E-state index in [0.717, 1.165) is 37.4 Å². The second-order valence-corrected chi connectivity index (χ2v) is 6.48. The van der Waals surface area contributed by atoms with Gasteiger partial charge in [0.25, 0.3) is 0 Å². The van der Waals surface area contributed by atoms with Crippen LogP contribution in [0.4, 0.5) is 0 Å². The summed E-state index contributed by atoms with van der Waals surface area (Å²) in [7, 11) is 0. The molecule has 24 heavy (non-hydrogen) atoms. The maximum atomic E-state index is 10.5. The zero-order valence-corrected chi connectivity index (χ0v) is 13.7. The van der Waals surface area contributed by atoms with E-state index >= 15 is 0 Å². The fourth-order valence-electron chi connectivity index (χ4n) is 3.37. The van der Waals surface area contributed by atoms with Crippen LogP contribution in [0.1, 0.15) is 17.7 Å². The van der Waals surface area contributed by atoms with E-state index in [2.05, 4.69) is 10.00 Å². The van der Waals surface area contributed by atoms with Crippen LogP contribution in [0.25, 0.3) is 0 Å². The minimum absolute atomic E-state index is 0.216. The van der Waals surface area contributed by atoms with Crippen LogP contribution in [0.5, 0.6) is 5.88 Å². The first-order chi connectivity index (χ1) is 11.8. The van der Waals surface area contributed by atoms with E-state index in [1.165, 1.54) is 0 Å². The number of rotatable bonds is 5. The molecule has 1 aromatic heterocycles. The van der Waals surface area contributed by atoms with Gasteiger partial charge in [0, 0.05) is 31.7 Å². The quantitative estimate of drug-likeness (QED) is 0.903. The third-order valence-electron chi connectivity index (χ3n) is 4.80. The van der Waals surface area contributed by atoms with Crippen LogP contribution in [0.15, 0.2) is 36.4 Å². The first-order valence-electron chi connectivity index (χ1n) is 8.53. The van der Waals surface area contributed by atoms with Gasteiger partial charge in [-0.25, -0.2) is 0 Å². The summed E-state index contributed by atoms with van der Waals surface area (Å²) in [5, 5.41) is 15.1. The van der Waals surface area contributed by atoms with Crippen LogP contribution in [0, 0.1) is 5.92 Å². The maximum Gasteiger partial charge on any atom is 0.233 e. The van der Waals surface area contributed by atoms with Gasteiger partial charge >= 0.3 is 0 Å². The summed E-state index contributed by atoms with van der Waals surface area (Å²) in [6.45, 7) is 4.19. The lowest BCUT2D eigenvalue weighted by Crippen LogP contribution is -2.45. The molecule has 4 rings (SSSR count). The molecular weight excluding hydrogens is 306 g/mol. The van der Waals surface area contributed by atoms with Gasteiger partial charge in [-0.05, 0) is 12.0 Å². The lowest BCUT2D eigenvalue weighted by atomic mass is 10.1. The molecule has 1 saturated heterocycles. The van der Waals surface area contributed by atoms with Gasteiger partial charge in [0.15, 0.2) is 0 Å². The van der Waals surface area contributed by atoms with E-state index in [0.29, 0.717) is 25.6 Å². The van der Waals surface area contributed by atoms with E-state index in [4.69, 9.17) is 9.47 Å². The normalized spacial score (nSPS) is 22.3. The Kier molecular flexibility index (Phi) is 4.51. The van der Waals surface area contributed by atoms with Crippen molar-refractivity contribution in [1.29, 1.82) is 0 Å². The van der Waals surface area contributed by atoms with Crippen molar-refractivity contribution in [2.24, 2.45) is 5.92 Å². The maximum absolute atomic E-state index is 10.5. The zero-order valence-electron chi connectivity index (χ0n) is 13.7. The number of benzene rings is 1. The van der Waals surface area contributed by atoms with E-state index in [1.54, 1.807) is 0 Å². The van der Waals surface area contributed by atoms with Crippen molar-refractivity contribution in [2.75, 3.05) is 19.8 Å². The molecule has 0 spiro atoms. The number of hydrogen-bond donors (Lipinski definition) is 1. The smallest absolute Gasteiger partial charge is 0.233 e. The number of aliphatic hydroxyl groups is 1. The monoisotopic (exact) mass is 329 g/mol. The molecule has 2 unspecified atom stereocenters. The van der Waals surface area contributed by atoms with Gasteiger partial charge in [-0.2, -0.15) is 0 Å². The van der Waals surface area contributed by atoms with Crippen molar-refractivity contribution in [3.8, 4) is 5.88 Å². The number of aromatic nitrogens is 2. The van der Waals surface area contributed by atoms with Crippen LogP contribution < -0.4 is 4.74 Å². The Morgan fingerprint density at radius 1 is 1.29 bits per heavy atom. The van der Waals surface area contributed by atoms with E-state index in [9.17, 15) is 5.11 Å². The molecule has 6 nitrogen and oxygen atoms in total. The number of ether oxygens (including phenoxy) is 2. The highest BCUT2D eigenvalue weighted by atomic mass is 16.5. The Balaban J connectivity index is 1.38. The summed E-state index contributed by atoms with van der Waals surface area (Å²) in [4.78, 5) is 2.11.